The summed E-state index contributed by atoms with van der Waals surface area (Å²) in [6.07, 6.45) is 0.315. The first-order chi connectivity index (χ1) is 9.52. The van der Waals surface area contributed by atoms with Gasteiger partial charge in [0.25, 0.3) is 5.56 Å². The highest BCUT2D eigenvalue weighted by molar-refractivity contribution is 5.76. The van der Waals surface area contributed by atoms with Gasteiger partial charge in [0.1, 0.15) is 11.6 Å². The van der Waals surface area contributed by atoms with Crippen molar-refractivity contribution in [2.45, 2.75) is 26.2 Å². The summed E-state index contributed by atoms with van der Waals surface area (Å²) < 4.78 is 4.84. The van der Waals surface area contributed by atoms with E-state index >= 15 is 0 Å². The Kier molecular flexibility index (Phi) is 6.72. The van der Waals surface area contributed by atoms with Gasteiger partial charge in [-0.05, 0) is 0 Å². The number of ether oxygens (including phenoxy) is 1. The van der Waals surface area contributed by atoms with E-state index in [-0.39, 0.29) is 17.4 Å². The van der Waals surface area contributed by atoms with Crippen molar-refractivity contribution in [3.05, 3.63) is 22.2 Å². The van der Waals surface area contributed by atoms with Crippen molar-refractivity contribution < 1.29 is 9.53 Å². The fourth-order valence-corrected chi connectivity index (χ4v) is 1.53. The molecule has 1 rings (SSSR count). The van der Waals surface area contributed by atoms with E-state index in [2.05, 4.69) is 20.6 Å². The number of hydrogen-bond acceptors (Lipinski definition) is 5. The van der Waals surface area contributed by atoms with Crippen molar-refractivity contribution in [3.8, 4) is 0 Å². The minimum Gasteiger partial charge on any atom is -0.383 e. The van der Waals surface area contributed by atoms with Crippen LogP contribution < -0.4 is 16.2 Å². The van der Waals surface area contributed by atoms with Gasteiger partial charge in [0.05, 0.1) is 6.61 Å². The summed E-state index contributed by atoms with van der Waals surface area (Å²) in [7, 11) is 1.58. The van der Waals surface area contributed by atoms with E-state index in [1.165, 1.54) is 6.07 Å². The van der Waals surface area contributed by atoms with E-state index < -0.39 is 0 Å². The Balaban J connectivity index is 2.42. The number of carbonyl (C=O) groups is 1. The molecule has 7 nitrogen and oxygen atoms in total. The quantitative estimate of drug-likeness (QED) is 0.602. The fraction of sp³-hybridized carbons (Fsp3) is 0.615. The molecule has 0 aliphatic rings. The molecule has 0 aliphatic carbocycles. The Bertz CT molecular complexity index is 485. The van der Waals surface area contributed by atoms with Crippen LogP contribution in [0.5, 0.6) is 0 Å². The predicted octanol–water partition coefficient (Wildman–Crippen LogP) is 0.458. The third-order valence-corrected chi connectivity index (χ3v) is 2.59. The maximum Gasteiger partial charge on any atom is 0.252 e. The zero-order chi connectivity index (χ0) is 15.0. The van der Waals surface area contributed by atoms with Crippen molar-refractivity contribution in [2.24, 2.45) is 0 Å². The summed E-state index contributed by atoms with van der Waals surface area (Å²) in [5.74, 6) is 1.19. The van der Waals surface area contributed by atoms with Gasteiger partial charge in [0.15, 0.2) is 0 Å². The van der Waals surface area contributed by atoms with Crippen LogP contribution in [-0.2, 0) is 9.53 Å². The molecule has 0 unspecified atom stereocenters. The van der Waals surface area contributed by atoms with E-state index in [9.17, 15) is 9.59 Å². The van der Waals surface area contributed by atoms with E-state index in [0.717, 1.165) is 0 Å². The first-order valence-corrected chi connectivity index (χ1v) is 6.63. The Hall–Kier alpha value is -1.89. The smallest absolute Gasteiger partial charge is 0.252 e. The van der Waals surface area contributed by atoms with Crippen molar-refractivity contribution in [3.63, 3.8) is 0 Å². The van der Waals surface area contributed by atoms with E-state index in [4.69, 9.17) is 4.74 Å². The van der Waals surface area contributed by atoms with Gasteiger partial charge in [-0.25, -0.2) is 4.98 Å². The lowest BCUT2D eigenvalue weighted by atomic mass is 10.2. The Labute approximate surface area is 118 Å². The molecule has 0 atom stereocenters. The summed E-state index contributed by atoms with van der Waals surface area (Å²) >= 11 is 0. The highest BCUT2D eigenvalue weighted by atomic mass is 16.5. The lowest BCUT2D eigenvalue weighted by Crippen LogP contribution is -2.28. The summed E-state index contributed by atoms with van der Waals surface area (Å²) in [6, 6.07) is 1.38. The number of H-pyrrole nitrogens is 1. The molecule has 0 saturated carbocycles. The number of hydrogen-bond donors (Lipinski definition) is 3. The zero-order valence-corrected chi connectivity index (χ0v) is 12.2. The molecule has 0 aliphatic heterocycles. The summed E-state index contributed by atoms with van der Waals surface area (Å²) in [6.45, 7) is 5.31. The third kappa shape index (κ3) is 5.83. The number of amides is 1. The normalized spacial score (nSPS) is 10.6. The molecule has 0 saturated heterocycles. The molecular weight excluding hydrogens is 260 g/mol. The molecule has 0 radical (unpaired) electrons. The second-order valence-corrected chi connectivity index (χ2v) is 4.69. The van der Waals surface area contributed by atoms with Crippen LogP contribution in [0.1, 0.15) is 32.0 Å². The van der Waals surface area contributed by atoms with Crippen LogP contribution in [0.2, 0.25) is 0 Å². The van der Waals surface area contributed by atoms with Crippen LogP contribution in [-0.4, -0.2) is 42.7 Å². The molecule has 3 N–H and O–H groups in total. The third-order valence-electron chi connectivity index (χ3n) is 2.59. The second-order valence-electron chi connectivity index (χ2n) is 4.69. The van der Waals surface area contributed by atoms with Gasteiger partial charge >= 0.3 is 0 Å². The van der Waals surface area contributed by atoms with Gasteiger partial charge < -0.3 is 20.4 Å². The summed E-state index contributed by atoms with van der Waals surface area (Å²) in [5.41, 5.74) is -0.198. The molecule has 0 fully saturated rings. The molecule has 0 spiro atoms. The van der Waals surface area contributed by atoms with Gasteiger partial charge in [-0.1, -0.05) is 13.8 Å². The fourth-order valence-electron chi connectivity index (χ4n) is 1.53. The van der Waals surface area contributed by atoms with Gasteiger partial charge in [-0.2, -0.15) is 0 Å². The van der Waals surface area contributed by atoms with Crippen LogP contribution in [0.3, 0.4) is 0 Å². The molecule has 1 aromatic rings. The molecule has 1 amide bonds. The Morgan fingerprint density at radius 2 is 2.20 bits per heavy atom. The largest absolute Gasteiger partial charge is 0.383 e. The Morgan fingerprint density at radius 1 is 1.45 bits per heavy atom. The monoisotopic (exact) mass is 282 g/mol. The maximum absolute atomic E-state index is 11.5. The molecule has 1 heterocycles. The summed E-state index contributed by atoms with van der Waals surface area (Å²) in [4.78, 5) is 29.9. The minimum atomic E-state index is -0.198. The standard InChI is InChI=1S/C13H22N4O3/c1-9(2)13-16-10(8-12(19)17-13)14-5-4-11(18)15-6-7-20-3/h8-9H,4-7H2,1-3H3,(H,15,18)(H2,14,16,17,19). The van der Waals surface area contributed by atoms with Crippen LogP contribution in [0.4, 0.5) is 5.82 Å². The predicted molar refractivity (Wildman–Crippen MR) is 76.9 cm³/mol. The Morgan fingerprint density at radius 3 is 2.85 bits per heavy atom. The number of aromatic nitrogens is 2. The minimum absolute atomic E-state index is 0.0662. The molecule has 0 bridgehead atoms. The molecule has 112 valence electrons. The number of methoxy groups -OCH3 is 1. The SMILES string of the molecule is COCCNC(=O)CCNc1cc(=O)[nH]c(C(C)C)n1. The highest BCUT2D eigenvalue weighted by Crippen LogP contribution is 2.08. The van der Waals surface area contributed by atoms with E-state index in [1.54, 1.807) is 7.11 Å². The first kappa shape index (κ1) is 16.2. The van der Waals surface area contributed by atoms with Gasteiger partial charge in [0.2, 0.25) is 5.91 Å². The number of nitrogens with one attached hydrogen (secondary N) is 3. The number of aromatic amines is 1. The van der Waals surface area contributed by atoms with Crippen molar-refractivity contribution >= 4 is 11.7 Å². The molecule has 20 heavy (non-hydrogen) atoms. The highest BCUT2D eigenvalue weighted by Gasteiger charge is 2.05. The molecule has 1 aromatic heterocycles. The molecular formula is C13H22N4O3. The lowest BCUT2D eigenvalue weighted by Gasteiger charge is -2.09. The number of anilines is 1. The molecule has 0 aromatic carbocycles. The van der Waals surface area contributed by atoms with E-state index in [1.807, 2.05) is 13.8 Å². The summed E-state index contributed by atoms with van der Waals surface area (Å²) in [5, 5.41) is 5.70. The van der Waals surface area contributed by atoms with E-state index in [0.29, 0.717) is 37.8 Å². The molecule has 7 heteroatoms. The number of rotatable bonds is 8. The second kappa shape index (κ2) is 8.31. The van der Waals surface area contributed by atoms with Crippen LogP contribution in [0, 0.1) is 0 Å². The van der Waals surface area contributed by atoms with Gasteiger partial charge in [-0.3, -0.25) is 9.59 Å². The number of nitrogens with zero attached hydrogens (tertiary/aromatic N) is 1. The lowest BCUT2D eigenvalue weighted by molar-refractivity contribution is -0.121. The maximum atomic E-state index is 11.5. The van der Waals surface area contributed by atoms with Crippen LogP contribution in [0.15, 0.2) is 10.9 Å². The van der Waals surface area contributed by atoms with Gasteiger partial charge in [0, 0.05) is 38.6 Å². The average Bonchev–Trinajstić information content (AvgIpc) is 2.38. The van der Waals surface area contributed by atoms with Crippen LogP contribution in [0.25, 0.3) is 0 Å². The van der Waals surface area contributed by atoms with Crippen molar-refractivity contribution in [1.82, 2.24) is 15.3 Å². The van der Waals surface area contributed by atoms with Crippen LogP contribution >= 0.6 is 0 Å². The first-order valence-electron chi connectivity index (χ1n) is 6.63. The average molecular weight is 282 g/mol. The van der Waals surface area contributed by atoms with Gasteiger partial charge in [-0.15, -0.1) is 0 Å². The zero-order valence-electron chi connectivity index (χ0n) is 12.2. The van der Waals surface area contributed by atoms with Crippen molar-refractivity contribution in [2.75, 3.05) is 32.1 Å². The van der Waals surface area contributed by atoms with Crippen molar-refractivity contribution in [1.29, 1.82) is 0 Å². The number of carbonyl (C=O) groups excluding carboxylic acids is 1. The topological polar surface area (TPSA) is 96.1 Å².